The molecule has 0 N–H and O–H groups in total. The Balaban J connectivity index is 2.35. The molecule has 2 amide bonds. The Morgan fingerprint density at radius 1 is 0.733 bits per heavy atom. The van der Waals surface area contributed by atoms with Crippen molar-refractivity contribution in [1.82, 2.24) is 10.3 Å². The molecule has 0 unspecified atom stereocenters. The molecule has 12 nitrogen and oxygen atoms in total. The van der Waals surface area contributed by atoms with Crippen LogP contribution in [0.3, 0.4) is 0 Å². The molecule has 0 aliphatic rings. The zero-order valence-corrected chi connectivity index (χ0v) is 16.1. The summed E-state index contributed by atoms with van der Waals surface area (Å²) in [5, 5.41) is 22.8. The first-order valence-corrected chi connectivity index (χ1v) is 8.73. The molecule has 0 bridgehead atoms. The zero-order chi connectivity index (χ0) is 22.3. The number of benzene rings is 2. The number of carbonyl (C=O) groups is 2. The number of hydroxylamine groups is 2. The van der Waals surface area contributed by atoms with Crippen LogP contribution in [0.2, 0.25) is 0 Å². The molecular formula is C18H18N4O8. The average Bonchev–Trinajstić information content (AvgIpc) is 2.75. The minimum atomic E-state index is -0.810. The number of carbonyl (C=O) groups excluding carboxylic acids is 2. The lowest BCUT2D eigenvalue weighted by molar-refractivity contribution is -0.385. The van der Waals surface area contributed by atoms with Crippen molar-refractivity contribution in [2.45, 2.75) is 13.8 Å². The lowest BCUT2D eigenvalue weighted by Gasteiger charge is -2.31. The fourth-order valence-corrected chi connectivity index (χ4v) is 2.30. The summed E-state index contributed by atoms with van der Waals surface area (Å²) in [7, 11) is 0. The maximum Gasteiger partial charge on any atom is 0.299 e. The van der Waals surface area contributed by atoms with Gasteiger partial charge in [0.05, 0.1) is 23.1 Å². The van der Waals surface area contributed by atoms with E-state index in [9.17, 15) is 29.8 Å². The lowest BCUT2D eigenvalue weighted by Crippen LogP contribution is -2.49. The molecule has 0 atom stereocenters. The summed E-state index contributed by atoms with van der Waals surface area (Å²) >= 11 is 0. The minimum absolute atomic E-state index is 0.00413. The van der Waals surface area contributed by atoms with Gasteiger partial charge in [0.15, 0.2) is 0 Å². The van der Waals surface area contributed by atoms with E-state index in [0.717, 1.165) is 24.3 Å². The smallest absolute Gasteiger partial charge is 0.265 e. The largest absolute Gasteiger partial charge is 0.299 e. The Hall–Kier alpha value is -3.90. The van der Waals surface area contributed by atoms with Crippen LogP contribution >= 0.6 is 0 Å². The second-order valence-electron chi connectivity index (χ2n) is 5.60. The van der Waals surface area contributed by atoms with Crippen LogP contribution in [0.25, 0.3) is 0 Å². The van der Waals surface area contributed by atoms with E-state index in [1.165, 1.54) is 24.3 Å². The van der Waals surface area contributed by atoms with E-state index in [4.69, 9.17) is 9.68 Å². The van der Waals surface area contributed by atoms with Gasteiger partial charge in [0.2, 0.25) is 0 Å². The first kappa shape index (κ1) is 22.4. The number of hydrazine groups is 1. The van der Waals surface area contributed by atoms with E-state index in [2.05, 4.69) is 0 Å². The molecular weight excluding hydrogens is 400 g/mol. The van der Waals surface area contributed by atoms with Crippen molar-refractivity contribution >= 4 is 23.2 Å². The van der Waals surface area contributed by atoms with Gasteiger partial charge in [0.1, 0.15) is 0 Å². The molecule has 12 heteroatoms. The molecule has 0 saturated carbocycles. The van der Waals surface area contributed by atoms with Crippen LogP contribution in [0.4, 0.5) is 11.4 Å². The number of hydrogen-bond donors (Lipinski definition) is 0. The lowest BCUT2D eigenvalue weighted by atomic mass is 10.2. The topological polar surface area (TPSA) is 145 Å². The second-order valence-corrected chi connectivity index (χ2v) is 5.60. The molecule has 0 radical (unpaired) electrons. The highest BCUT2D eigenvalue weighted by Gasteiger charge is 2.31. The van der Waals surface area contributed by atoms with Gasteiger partial charge < -0.3 is 0 Å². The monoisotopic (exact) mass is 418 g/mol. The molecule has 0 saturated heterocycles. The number of hydrogen-bond acceptors (Lipinski definition) is 8. The van der Waals surface area contributed by atoms with Crippen LogP contribution in [-0.4, -0.2) is 45.2 Å². The van der Waals surface area contributed by atoms with Crippen molar-refractivity contribution in [2.75, 3.05) is 13.2 Å². The number of nitro groups is 2. The third-order valence-electron chi connectivity index (χ3n) is 3.67. The third-order valence-corrected chi connectivity index (χ3v) is 3.67. The number of non-ortho nitro benzene ring substituents is 2. The van der Waals surface area contributed by atoms with Crippen molar-refractivity contribution in [3.05, 3.63) is 79.9 Å². The molecule has 2 rings (SSSR count). The van der Waals surface area contributed by atoms with Gasteiger partial charge in [0.25, 0.3) is 23.2 Å². The summed E-state index contributed by atoms with van der Waals surface area (Å²) in [4.78, 5) is 56.7. The number of rotatable bonds is 8. The fourth-order valence-electron chi connectivity index (χ4n) is 2.30. The van der Waals surface area contributed by atoms with Gasteiger partial charge in [0, 0.05) is 35.4 Å². The van der Waals surface area contributed by atoms with Gasteiger partial charge in [-0.1, -0.05) is 10.3 Å². The van der Waals surface area contributed by atoms with Crippen LogP contribution in [-0.2, 0) is 9.68 Å². The van der Waals surface area contributed by atoms with Crippen molar-refractivity contribution in [2.24, 2.45) is 0 Å². The maximum absolute atomic E-state index is 12.9. The molecule has 0 spiro atoms. The molecule has 2 aromatic rings. The Kier molecular flexibility index (Phi) is 7.50. The molecule has 158 valence electrons. The van der Waals surface area contributed by atoms with E-state index < -0.39 is 21.7 Å². The first-order chi connectivity index (χ1) is 14.3. The number of amides is 2. The van der Waals surface area contributed by atoms with Gasteiger partial charge in [-0.3, -0.25) is 29.8 Å². The summed E-state index contributed by atoms with van der Waals surface area (Å²) < 4.78 is 0. The Bertz CT molecular complexity index is 853. The molecule has 0 aliphatic heterocycles. The van der Waals surface area contributed by atoms with Crippen LogP contribution in [0.5, 0.6) is 0 Å². The molecule has 0 aromatic heterocycles. The van der Waals surface area contributed by atoms with Crippen molar-refractivity contribution in [3.63, 3.8) is 0 Å². The summed E-state index contributed by atoms with van der Waals surface area (Å²) in [6.45, 7) is 3.15. The summed E-state index contributed by atoms with van der Waals surface area (Å²) in [5.41, 5.74) is -0.401. The highest BCUT2D eigenvalue weighted by atomic mass is 16.8. The van der Waals surface area contributed by atoms with Crippen LogP contribution in [0.15, 0.2) is 48.5 Å². The van der Waals surface area contributed by atoms with Crippen molar-refractivity contribution in [1.29, 1.82) is 0 Å². The van der Waals surface area contributed by atoms with E-state index in [1.807, 2.05) is 0 Å². The predicted molar refractivity (Wildman–Crippen MR) is 102 cm³/mol. The highest BCUT2D eigenvalue weighted by molar-refractivity contribution is 5.98. The van der Waals surface area contributed by atoms with E-state index in [-0.39, 0.29) is 35.7 Å². The first-order valence-electron chi connectivity index (χ1n) is 8.73. The fraction of sp³-hybridized carbons (Fsp3) is 0.222. The third kappa shape index (κ3) is 5.12. The van der Waals surface area contributed by atoms with Gasteiger partial charge in [-0.25, -0.2) is 9.68 Å². The zero-order valence-electron chi connectivity index (χ0n) is 16.1. The molecule has 2 aromatic carbocycles. The summed E-state index contributed by atoms with van der Waals surface area (Å²) in [6.07, 6.45) is 0. The van der Waals surface area contributed by atoms with Crippen LogP contribution in [0, 0.1) is 20.2 Å². The quantitative estimate of drug-likeness (QED) is 0.470. The van der Waals surface area contributed by atoms with Gasteiger partial charge in [-0.15, -0.1) is 0 Å². The van der Waals surface area contributed by atoms with Gasteiger partial charge >= 0.3 is 0 Å². The minimum Gasteiger partial charge on any atom is -0.265 e. The Morgan fingerprint density at radius 3 is 1.27 bits per heavy atom. The summed E-state index contributed by atoms with van der Waals surface area (Å²) in [6, 6.07) is 9.42. The standard InChI is InChI=1S/C18H18N4O8/c1-3-29-19(17(23)13-5-9-15(10-6-13)21(25)26)20(30-4-2)18(24)14-7-11-16(12-8-14)22(27)28/h5-12H,3-4H2,1-2H3. The van der Waals surface area contributed by atoms with Crippen molar-refractivity contribution < 1.29 is 29.1 Å². The van der Waals surface area contributed by atoms with Crippen molar-refractivity contribution in [3.8, 4) is 0 Å². The van der Waals surface area contributed by atoms with Crippen LogP contribution in [0.1, 0.15) is 34.6 Å². The molecule has 30 heavy (non-hydrogen) atoms. The second kappa shape index (κ2) is 10.0. The number of nitrogens with zero attached hydrogens (tertiary/aromatic N) is 4. The molecule has 0 fully saturated rings. The summed E-state index contributed by atoms with van der Waals surface area (Å²) in [5.74, 6) is -1.62. The Morgan fingerprint density at radius 2 is 1.03 bits per heavy atom. The number of nitro benzene ring substituents is 2. The van der Waals surface area contributed by atoms with Crippen LogP contribution < -0.4 is 0 Å². The van der Waals surface area contributed by atoms with E-state index in [1.54, 1.807) is 13.8 Å². The van der Waals surface area contributed by atoms with Gasteiger partial charge in [-0.2, -0.15) is 0 Å². The SMILES string of the molecule is CCON(C(=O)c1ccc([N+](=O)[O-])cc1)N(OCC)C(=O)c1ccc([N+](=O)[O-])cc1. The molecule has 0 aliphatic carbocycles. The van der Waals surface area contributed by atoms with E-state index >= 15 is 0 Å². The molecule has 0 heterocycles. The predicted octanol–water partition coefficient (Wildman–Crippen LogP) is 2.91. The normalized spacial score (nSPS) is 10.3. The highest BCUT2D eigenvalue weighted by Crippen LogP contribution is 2.18. The maximum atomic E-state index is 12.9. The van der Waals surface area contributed by atoms with E-state index in [0.29, 0.717) is 10.3 Å². The van der Waals surface area contributed by atoms with Gasteiger partial charge in [-0.05, 0) is 38.1 Å². The average molecular weight is 418 g/mol. The Labute approximate surface area is 170 Å².